The van der Waals surface area contributed by atoms with Crippen LogP contribution in [0.3, 0.4) is 0 Å². The van der Waals surface area contributed by atoms with Gasteiger partial charge in [0.1, 0.15) is 5.82 Å². The number of rotatable bonds is 4. The van der Waals surface area contributed by atoms with Crippen molar-refractivity contribution >= 4 is 17.7 Å². The zero-order valence-electron chi connectivity index (χ0n) is 17.4. The van der Waals surface area contributed by atoms with Gasteiger partial charge < -0.3 is 24.9 Å². The molecule has 2 saturated heterocycles. The minimum absolute atomic E-state index is 0.148. The number of nitrogens with one attached hydrogen (secondary N) is 1. The second-order valence-corrected chi connectivity index (χ2v) is 7.48. The monoisotopic (exact) mass is 387 g/mol. The lowest BCUT2D eigenvalue weighted by Crippen LogP contribution is -2.53. The Hall–Kier alpha value is -2.35. The van der Waals surface area contributed by atoms with Gasteiger partial charge in [-0.25, -0.2) is 9.98 Å². The van der Waals surface area contributed by atoms with Gasteiger partial charge in [0.05, 0.1) is 6.54 Å². The molecule has 0 spiro atoms. The Labute approximate surface area is 168 Å². The number of carbonyl (C=O) groups excluding carboxylic acids is 1. The zero-order valence-corrected chi connectivity index (χ0v) is 17.4. The maximum Gasteiger partial charge on any atom is 0.219 e. The number of hydrogen-bond donors (Lipinski definition) is 1. The summed E-state index contributed by atoms with van der Waals surface area (Å²) in [6.07, 6.45) is 1.89. The molecule has 0 atom stereocenters. The van der Waals surface area contributed by atoms with Crippen molar-refractivity contribution in [3.8, 4) is 0 Å². The number of hydrogen-bond acceptors (Lipinski definition) is 5. The topological polar surface area (TPSA) is 67.3 Å². The van der Waals surface area contributed by atoms with Gasteiger partial charge in [0, 0.05) is 72.0 Å². The van der Waals surface area contributed by atoms with Gasteiger partial charge in [0.2, 0.25) is 5.91 Å². The third-order valence-corrected chi connectivity index (χ3v) is 5.41. The van der Waals surface area contributed by atoms with E-state index in [0.29, 0.717) is 6.54 Å². The van der Waals surface area contributed by atoms with Crippen molar-refractivity contribution in [3.05, 3.63) is 23.9 Å². The van der Waals surface area contributed by atoms with E-state index < -0.39 is 0 Å². The summed E-state index contributed by atoms with van der Waals surface area (Å²) in [5.41, 5.74) is 1.17. The lowest BCUT2D eigenvalue weighted by molar-refractivity contribution is -0.130. The van der Waals surface area contributed by atoms with Crippen molar-refractivity contribution in [1.29, 1.82) is 0 Å². The number of anilines is 1. The highest BCUT2D eigenvalue weighted by Gasteiger charge is 2.21. The zero-order chi connectivity index (χ0) is 19.9. The molecule has 2 aliphatic heterocycles. The van der Waals surface area contributed by atoms with Gasteiger partial charge in [0.15, 0.2) is 5.96 Å². The normalized spacial score (nSPS) is 19.1. The summed E-state index contributed by atoms with van der Waals surface area (Å²) in [6.45, 7) is 12.5. The molecule has 0 radical (unpaired) electrons. The van der Waals surface area contributed by atoms with Crippen LogP contribution >= 0.6 is 0 Å². The van der Waals surface area contributed by atoms with Crippen molar-refractivity contribution in [2.24, 2.45) is 4.99 Å². The number of carbonyl (C=O) groups is 1. The first-order valence-electron chi connectivity index (χ1n) is 10.2. The van der Waals surface area contributed by atoms with Gasteiger partial charge in [0.25, 0.3) is 0 Å². The summed E-state index contributed by atoms with van der Waals surface area (Å²) in [5.74, 6) is 2.11. The molecule has 1 N–H and O–H groups in total. The van der Waals surface area contributed by atoms with E-state index in [2.05, 4.69) is 45.0 Å². The third-order valence-electron chi connectivity index (χ3n) is 5.41. The summed E-state index contributed by atoms with van der Waals surface area (Å²) in [6, 6.07) is 4.20. The van der Waals surface area contributed by atoms with Crippen molar-refractivity contribution in [2.45, 2.75) is 20.4 Å². The molecule has 8 nitrogen and oxygen atoms in total. The molecule has 154 valence electrons. The summed E-state index contributed by atoms with van der Waals surface area (Å²) in [4.78, 5) is 29.8. The fourth-order valence-corrected chi connectivity index (χ4v) is 3.59. The van der Waals surface area contributed by atoms with E-state index in [1.54, 1.807) is 6.92 Å². The number of aromatic nitrogens is 1. The first kappa shape index (κ1) is 20.4. The van der Waals surface area contributed by atoms with E-state index in [0.717, 1.165) is 70.7 Å². The Kier molecular flexibility index (Phi) is 7.08. The van der Waals surface area contributed by atoms with E-state index in [4.69, 9.17) is 4.99 Å². The quantitative estimate of drug-likeness (QED) is 0.598. The molecule has 0 unspecified atom stereocenters. The van der Waals surface area contributed by atoms with Crippen molar-refractivity contribution in [2.75, 3.05) is 70.9 Å². The standard InChI is InChI=1S/C20H33N7O/c1-4-21-20(27-13-11-25(12-14-27)17(2)28)23-16-18-5-6-22-19(15-18)26-9-7-24(3)8-10-26/h5-6,15H,4,7-14,16H2,1-3H3,(H,21,23). The highest BCUT2D eigenvalue weighted by Crippen LogP contribution is 2.15. The Morgan fingerprint density at radius 2 is 1.79 bits per heavy atom. The van der Waals surface area contributed by atoms with Gasteiger partial charge in [-0.05, 0) is 31.7 Å². The lowest BCUT2D eigenvalue weighted by Gasteiger charge is -2.36. The van der Waals surface area contributed by atoms with Crippen LogP contribution in [0.2, 0.25) is 0 Å². The van der Waals surface area contributed by atoms with Crippen LogP contribution in [0, 0.1) is 0 Å². The molecule has 1 aromatic rings. The van der Waals surface area contributed by atoms with Crippen LogP contribution < -0.4 is 10.2 Å². The molecule has 2 fully saturated rings. The molecule has 0 aliphatic carbocycles. The molecule has 2 aliphatic rings. The lowest BCUT2D eigenvalue weighted by atomic mass is 10.2. The summed E-state index contributed by atoms with van der Waals surface area (Å²) >= 11 is 0. The van der Waals surface area contributed by atoms with E-state index in [-0.39, 0.29) is 5.91 Å². The Morgan fingerprint density at radius 1 is 1.11 bits per heavy atom. The highest BCUT2D eigenvalue weighted by atomic mass is 16.2. The third kappa shape index (κ3) is 5.34. The smallest absolute Gasteiger partial charge is 0.219 e. The molecule has 1 aromatic heterocycles. The Morgan fingerprint density at radius 3 is 2.43 bits per heavy atom. The largest absolute Gasteiger partial charge is 0.357 e. The van der Waals surface area contributed by atoms with Crippen LogP contribution in [0.15, 0.2) is 23.3 Å². The number of likely N-dealkylation sites (N-methyl/N-ethyl adjacent to an activating group) is 1. The van der Waals surface area contributed by atoms with Gasteiger partial charge in [-0.1, -0.05) is 0 Å². The second-order valence-electron chi connectivity index (χ2n) is 7.48. The van der Waals surface area contributed by atoms with E-state index >= 15 is 0 Å². The molecule has 8 heteroatoms. The molecule has 3 rings (SSSR count). The average Bonchev–Trinajstić information content (AvgIpc) is 2.72. The van der Waals surface area contributed by atoms with E-state index in [9.17, 15) is 4.79 Å². The Balaban J connectivity index is 1.63. The molecule has 0 bridgehead atoms. The fraction of sp³-hybridized carbons (Fsp3) is 0.650. The van der Waals surface area contributed by atoms with Crippen molar-refractivity contribution in [3.63, 3.8) is 0 Å². The summed E-state index contributed by atoms with van der Waals surface area (Å²) < 4.78 is 0. The number of guanidine groups is 1. The number of pyridine rings is 1. The van der Waals surface area contributed by atoms with Crippen LogP contribution in [0.1, 0.15) is 19.4 Å². The highest BCUT2D eigenvalue weighted by molar-refractivity contribution is 5.80. The first-order chi connectivity index (χ1) is 13.6. The molecule has 3 heterocycles. The van der Waals surface area contributed by atoms with Crippen LogP contribution in [0.5, 0.6) is 0 Å². The second kappa shape index (κ2) is 9.73. The van der Waals surface area contributed by atoms with Gasteiger partial charge in [-0.2, -0.15) is 0 Å². The number of amides is 1. The Bertz CT molecular complexity index is 677. The minimum atomic E-state index is 0.148. The fourth-order valence-electron chi connectivity index (χ4n) is 3.59. The van der Waals surface area contributed by atoms with Crippen molar-refractivity contribution in [1.82, 2.24) is 25.0 Å². The van der Waals surface area contributed by atoms with E-state index in [1.807, 2.05) is 17.2 Å². The number of piperazine rings is 2. The maximum absolute atomic E-state index is 11.5. The SMILES string of the molecule is CCNC(=NCc1ccnc(N2CCN(C)CC2)c1)N1CCN(C(C)=O)CC1. The molecule has 0 aromatic carbocycles. The van der Waals surface area contributed by atoms with Gasteiger partial charge in [-0.3, -0.25) is 4.79 Å². The van der Waals surface area contributed by atoms with Crippen LogP contribution in [0.4, 0.5) is 5.82 Å². The number of aliphatic imine (C=N–C) groups is 1. The average molecular weight is 388 g/mol. The number of nitrogens with zero attached hydrogens (tertiary/aromatic N) is 6. The van der Waals surface area contributed by atoms with Crippen LogP contribution in [-0.4, -0.2) is 97.5 Å². The van der Waals surface area contributed by atoms with Crippen LogP contribution in [0.25, 0.3) is 0 Å². The summed E-state index contributed by atoms with van der Waals surface area (Å²) in [7, 11) is 2.16. The van der Waals surface area contributed by atoms with Gasteiger partial charge in [-0.15, -0.1) is 0 Å². The van der Waals surface area contributed by atoms with Crippen molar-refractivity contribution < 1.29 is 4.79 Å². The predicted octanol–water partition coefficient (Wildman–Crippen LogP) is 0.463. The predicted molar refractivity (Wildman–Crippen MR) is 113 cm³/mol. The molecule has 28 heavy (non-hydrogen) atoms. The first-order valence-corrected chi connectivity index (χ1v) is 10.2. The maximum atomic E-state index is 11.5. The minimum Gasteiger partial charge on any atom is -0.357 e. The molecular formula is C20H33N7O. The van der Waals surface area contributed by atoms with E-state index in [1.165, 1.54) is 5.56 Å². The van der Waals surface area contributed by atoms with Crippen LogP contribution in [-0.2, 0) is 11.3 Å². The molecule has 1 amide bonds. The van der Waals surface area contributed by atoms with Gasteiger partial charge >= 0.3 is 0 Å². The molecular weight excluding hydrogens is 354 g/mol. The molecule has 0 saturated carbocycles. The summed E-state index contributed by atoms with van der Waals surface area (Å²) in [5, 5.41) is 3.39.